The first-order chi connectivity index (χ1) is 23.8. The third-order valence-electron chi connectivity index (χ3n) is 8.77. The molecule has 3 N–H and O–H groups in total. The second kappa shape index (κ2) is 17.6. The molecule has 2 amide bonds. The van der Waals surface area contributed by atoms with Crippen LogP contribution in [0.5, 0.6) is 5.75 Å². The molecule has 1 unspecified atom stereocenters. The topological polar surface area (TPSA) is 159 Å². The number of hydrogen-bond donors (Lipinski definition) is 3. The average molecular weight is 746 g/mol. The van der Waals surface area contributed by atoms with Crippen LogP contribution < -0.4 is 20.3 Å². The molecule has 272 valence electrons. The Kier molecular flexibility index (Phi) is 13.8. The molecule has 0 aliphatic carbocycles. The largest absolute Gasteiger partial charge is 0.483 e. The first-order valence-corrected chi connectivity index (χ1v) is 21.3. The fraction of sp³-hybridized carbons (Fsp3) is 0.444. The van der Waals surface area contributed by atoms with Crippen molar-refractivity contribution in [2.45, 2.75) is 68.2 Å². The van der Waals surface area contributed by atoms with E-state index < -0.39 is 55.6 Å². The van der Waals surface area contributed by atoms with E-state index in [9.17, 15) is 26.4 Å². The highest BCUT2D eigenvalue weighted by Crippen LogP contribution is 2.47. The minimum atomic E-state index is -4.30. The van der Waals surface area contributed by atoms with Gasteiger partial charge in [0.2, 0.25) is 5.91 Å². The Morgan fingerprint density at radius 1 is 1.00 bits per heavy atom. The van der Waals surface area contributed by atoms with Crippen LogP contribution in [0.2, 0.25) is 0 Å². The summed E-state index contributed by atoms with van der Waals surface area (Å²) in [6.07, 6.45) is 7.17. The number of ether oxygens (including phenoxy) is 1. The first-order valence-electron chi connectivity index (χ1n) is 16.8. The van der Waals surface area contributed by atoms with Crippen LogP contribution >= 0.6 is 11.8 Å². The molecule has 50 heavy (non-hydrogen) atoms. The van der Waals surface area contributed by atoms with Gasteiger partial charge in [-0.1, -0.05) is 88.1 Å². The molecule has 0 saturated carbocycles. The second-order valence-electron chi connectivity index (χ2n) is 12.6. The van der Waals surface area contributed by atoms with Crippen molar-refractivity contribution in [2.24, 2.45) is 5.41 Å². The molecule has 3 aromatic rings. The lowest BCUT2D eigenvalue weighted by molar-refractivity contribution is -0.130. The van der Waals surface area contributed by atoms with Crippen LogP contribution in [0.25, 0.3) is 0 Å². The number of carbonyl (C=O) groups is 2. The summed E-state index contributed by atoms with van der Waals surface area (Å²) in [7, 11) is -8.11. The average Bonchev–Trinajstić information content (AvgIpc) is 3.19. The van der Waals surface area contributed by atoms with Gasteiger partial charge in [0, 0.05) is 30.3 Å². The van der Waals surface area contributed by atoms with E-state index in [0.29, 0.717) is 22.7 Å². The maximum atomic E-state index is 14.4. The van der Waals surface area contributed by atoms with Crippen LogP contribution in [0.1, 0.15) is 64.0 Å². The van der Waals surface area contributed by atoms with Gasteiger partial charge in [-0.2, -0.15) is 8.42 Å². The van der Waals surface area contributed by atoms with Gasteiger partial charge in [-0.05, 0) is 42.9 Å². The van der Waals surface area contributed by atoms with Gasteiger partial charge in [-0.25, -0.2) is 8.42 Å². The molecule has 4 rings (SSSR count). The van der Waals surface area contributed by atoms with Crippen LogP contribution in [-0.2, 0) is 29.5 Å². The second-order valence-corrected chi connectivity index (χ2v) is 17.0. The third kappa shape index (κ3) is 10.5. The van der Waals surface area contributed by atoms with Crippen LogP contribution in [0, 0.1) is 5.41 Å². The molecule has 1 heterocycles. The van der Waals surface area contributed by atoms with Gasteiger partial charge in [-0.3, -0.25) is 14.1 Å². The molecule has 0 radical (unpaired) electrons. The molecule has 1 aliphatic rings. The van der Waals surface area contributed by atoms with E-state index >= 15 is 0 Å². The molecule has 11 nitrogen and oxygen atoms in total. The van der Waals surface area contributed by atoms with Gasteiger partial charge >= 0.3 is 0 Å². The van der Waals surface area contributed by atoms with Gasteiger partial charge in [0.25, 0.3) is 16.0 Å². The summed E-state index contributed by atoms with van der Waals surface area (Å²) in [5.74, 6) is -1.79. The number of rotatable bonds is 17. The predicted molar refractivity (Wildman–Crippen MR) is 197 cm³/mol. The van der Waals surface area contributed by atoms with Gasteiger partial charge in [-0.15, -0.1) is 11.8 Å². The molecule has 0 bridgehead atoms. The highest BCUT2D eigenvalue weighted by atomic mass is 32.2. The van der Waals surface area contributed by atoms with Crippen molar-refractivity contribution in [3.8, 4) is 5.75 Å². The maximum Gasteiger partial charge on any atom is 0.266 e. The number of hydrogen-bond acceptors (Lipinski definition) is 9. The molecule has 1 aliphatic heterocycles. The molecule has 1 atom stereocenters. The number of carbonyl (C=O) groups excluding carboxylic acids is 2. The highest BCUT2D eigenvalue weighted by molar-refractivity contribution is 7.98. The first kappa shape index (κ1) is 39.2. The van der Waals surface area contributed by atoms with E-state index in [0.717, 1.165) is 44.2 Å². The molecule has 14 heteroatoms. The minimum Gasteiger partial charge on any atom is -0.483 e. The summed E-state index contributed by atoms with van der Waals surface area (Å²) < 4.78 is 66.0. The Morgan fingerprint density at radius 2 is 1.62 bits per heavy atom. The van der Waals surface area contributed by atoms with E-state index in [-0.39, 0.29) is 22.9 Å². The van der Waals surface area contributed by atoms with E-state index in [1.165, 1.54) is 17.8 Å². The van der Waals surface area contributed by atoms with E-state index in [2.05, 4.69) is 29.4 Å². The van der Waals surface area contributed by atoms with Gasteiger partial charge in [0.1, 0.15) is 11.8 Å². The number of anilines is 2. The van der Waals surface area contributed by atoms with Gasteiger partial charge in [0.15, 0.2) is 16.4 Å². The molecule has 0 aromatic heterocycles. The molecule has 0 saturated heterocycles. The number of benzene rings is 3. The zero-order chi connectivity index (χ0) is 36.4. The fourth-order valence-corrected chi connectivity index (χ4v) is 9.30. The summed E-state index contributed by atoms with van der Waals surface area (Å²) in [5.41, 5.74) is 1.44. The Balaban J connectivity index is 1.66. The van der Waals surface area contributed by atoms with Crippen molar-refractivity contribution in [3.63, 3.8) is 0 Å². The van der Waals surface area contributed by atoms with E-state index in [1.807, 2.05) is 42.7 Å². The number of nitrogens with zero attached hydrogens (tertiary/aromatic N) is 1. The zero-order valence-electron chi connectivity index (χ0n) is 28.8. The summed E-state index contributed by atoms with van der Waals surface area (Å²) in [6, 6.07) is 20.3. The van der Waals surface area contributed by atoms with Crippen molar-refractivity contribution in [3.05, 3.63) is 78.4 Å². The number of sulfone groups is 1. The lowest BCUT2D eigenvalue weighted by atomic mass is 9.79. The van der Waals surface area contributed by atoms with Crippen molar-refractivity contribution in [1.29, 1.82) is 0 Å². The Hall–Kier alpha value is -3.59. The van der Waals surface area contributed by atoms with Gasteiger partial charge < -0.3 is 20.3 Å². The van der Waals surface area contributed by atoms with Gasteiger partial charge in [0.05, 0.1) is 27.0 Å². The molecule has 3 aromatic carbocycles. The predicted octanol–water partition coefficient (Wildman–Crippen LogP) is 5.94. The third-order valence-corrected chi connectivity index (χ3v) is 12.2. The summed E-state index contributed by atoms with van der Waals surface area (Å²) >= 11 is 1.37. The standard InChI is InChI=1S/C36H47N3O8S3/c1-4-6-18-36(19-7-5-2)25-39(28-16-12-9-13-17-28)29-22-31(48-3)30(23-32(29)49(42,43)26-36)47-24-33(40)38-34(27-14-10-8-11-15-27)35(41)37-20-21-50(44,45)46/h8-17,22-23,34H,4-7,18-21,24-26H2,1-3H3,(H,37,41)(H,38,40)(H,44,45,46). The molecular formula is C36H47N3O8S3. The molecule has 0 spiro atoms. The Morgan fingerprint density at radius 3 is 2.20 bits per heavy atom. The Labute approximate surface area is 300 Å². The van der Waals surface area contributed by atoms with Crippen molar-refractivity contribution >= 4 is 54.9 Å². The monoisotopic (exact) mass is 745 g/mol. The maximum absolute atomic E-state index is 14.4. The number of nitrogens with one attached hydrogen (secondary N) is 2. The van der Waals surface area contributed by atoms with Crippen LogP contribution in [0.15, 0.2) is 82.6 Å². The van der Waals surface area contributed by atoms with Crippen LogP contribution in [-0.4, -0.2) is 70.7 Å². The van der Waals surface area contributed by atoms with Crippen LogP contribution in [0.4, 0.5) is 11.4 Å². The minimum absolute atomic E-state index is 0.000321. The number of thioether (sulfide) groups is 1. The number of fused-ring (bicyclic) bond motifs is 1. The summed E-state index contributed by atoms with van der Waals surface area (Å²) in [4.78, 5) is 29.2. The number of para-hydroxylation sites is 1. The summed E-state index contributed by atoms with van der Waals surface area (Å²) in [6.45, 7) is 3.91. The zero-order valence-corrected chi connectivity index (χ0v) is 31.2. The van der Waals surface area contributed by atoms with Crippen molar-refractivity contribution < 1.29 is 35.7 Å². The van der Waals surface area contributed by atoms with Crippen LogP contribution in [0.3, 0.4) is 0 Å². The molecule has 0 fully saturated rings. The highest BCUT2D eigenvalue weighted by Gasteiger charge is 2.42. The van der Waals surface area contributed by atoms with Crippen molar-refractivity contribution in [2.75, 3.05) is 42.4 Å². The summed E-state index contributed by atoms with van der Waals surface area (Å²) in [5, 5.41) is 5.06. The SMILES string of the molecule is CCCCC1(CCCC)CN(c2ccccc2)c2cc(SC)c(OCC(=O)NC(C(=O)NCCS(=O)(=O)O)c3ccccc3)cc2S(=O)(=O)C1. The number of unbranched alkanes of at least 4 members (excludes halogenated alkanes) is 2. The number of amides is 2. The van der Waals surface area contributed by atoms with Crippen molar-refractivity contribution in [1.82, 2.24) is 10.6 Å². The van der Waals surface area contributed by atoms with E-state index in [4.69, 9.17) is 9.29 Å². The smallest absolute Gasteiger partial charge is 0.266 e. The van der Waals surface area contributed by atoms with E-state index in [1.54, 1.807) is 30.3 Å². The lowest BCUT2D eigenvalue weighted by Crippen LogP contribution is -2.43. The molecular weight excluding hydrogens is 699 g/mol. The normalized spacial score (nSPS) is 15.7. The fourth-order valence-electron chi connectivity index (χ4n) is 6.28. The quantitative estimate of drug-likeness (QED) is 0.112. The Bertz CT molecular complexity index is 1810. The lowest BCUT2D eigenvalue weighted by Gasteiger charge is -2.37.